The summed E-state index contributed by atoms with van der Waals surface area (Å²) in [5.74, 6) is -1.14. The van der Waals surface area contributed by atoms with Gasteiger partial charge in [0.05, 0.1) is 0 Å². The molecule has 2 aromatic rings. The Hall–Kier alpha value is -3.41. The SMILES string of the molecule is CC(=O)/C=C(/C)[O-].CC(=O)/C=C(/C)[O-].CC(=O)/C=C(/C)[O-].CC(=O)/C=C(/C)[O-].CC(=O)/C=C(/C)[O-].CC(=O)/C=C(/C)[O-].[Eu+3].[Eu+3].c1cnc(-c2ncccn2)nc1. The van der Waals surface area contributed by atoms with Gasteiger partial charge in [0.15, 0.2) is 46.3 Å². The summed E-state index contributed by atoms with van der Waals surface area (Å²) < 4.78 is 0. The Morgan fingerprint density at radius 1 is 0.339 bits per heavy atom. The van der Waals surface area contributed by atoms with Gasteiger partial charge >= 0.3 is 98.8 Å². The van der Waals surface area contributed by atoms with Gasteiger partial charge < -0.3 is 30.6 Å². The molecular weight excluding hydrogens is 1010 g/mol. The van der Waals surface area contributed by atoms with Crippen molar-refractivity contribution in [3.63, 3.8) is 0 Å². The van der Waals surface area contributed by atoms with Crippen LogP contribution in [0.3, 0.4) is 0 Å². The Morgan fingerprint density at radius 3 is 0.536 bits per heavy atom. The first-order valence-electron chi connectivity index (χ1n) is 15.4. The smallest absolute Gasteiger partial charge is 0.876 e. The number of rotatable bonds is 7. The minimum absolute atomic E-state index is 0. The van der Waals surface area contributed by atoms with Crippen LogP contribution in [0, 0.1) is 98.8 Å². The molecule has 0 aliphatic carbocycles. The summed E-state index contributed by atoms with van der Waals surface area (Å²) in [5, 5.41) is 59.9. The van der Waals surface area contributed by atoms with Crippen molar-refractivity contribution in [3.05, 3.63) is 108 Å². The maximum atomic E-state index is 9.98. The van der Waals surface area contributed by atoms with E-state index in [1.54, 1.807) is 36.9 Å². The van der Waals surface area contributed by atoms with Crippen LogP contribution in [0.2, 0.25) is 0 Å². The fourth-order valence-corrected chi connectivity index (χ4v) is 2.55. The van der Waals surface area contributed by atoms with Crippen molar-refractivity contribution >= 4 is 34.7 Å². The van der Waals surface area contributed by atoms with E-state index in [2.05, 4.69) is 19.9 Å². The van der Waals surface area contributed by atoms with E-state index in [9.17, 15) is 59.4 Å². The van der Waals surface area contributed by atoms with Gasteiger partial charge in [-0.25, -0.2) is 19.9 Å². The van der Waals surface area contributed by atoms with E-state index in [0.29, 0.717) is 11.6 Å². The minimum Gasteiger partial charge on any atom is -0.876 e. The van der Waals surface area contributed by atoms with Gasteiger partial charge in [-0.1, -0.05) is 41.5 Å². The summed E-state index contributed by atoms with van der Waals surface area (Å²) in [6, 6.07) is 3.51. The van der Waals surface area contributed by atoms with Crippen LogP contribution in [0.4, 0.5) is 0 Å². The quantitative estimate of drug-likeness (QED) is 0.260. The van der Waals surface area contributed by atoms with Gasteiger partial charge in [-0.05, 0) is 90.1 Å². The van der Waals surface area contributed by atoms with E-state index in [-0.39, 0.29) is 168 Å². The number of carbonyl (C=O) groups is 6. The molecule has 0 saturated heterocycles. The molecule has 306 valence electrons. The zero-order chi connectivity index (χ0) is 43.4. The second kappa shape index (κ2) is 44.3. The monoisotopic (exact) mass is 1060 g/mol. The van der Waals surface area contributed by atoms with Crippen LogP contribution < -0.4 is 30.6 Å². The predicted molar refractivity (Wildman–Crippen MR) is 190 cm³/mol. The molecule has 0 spiro atoms. The molecule has 0 amide bonds. The van der Waals surface area contributed by atoms with E-state index in [0.717, 1.165) is 36.5 Å². The Morgan fingerprint density at radius 2 is 0.464 bits per heavy atom. The van der Waals surface area contributed by atoms with Crippen molar-refractivity contribution in [3.8, 4) is 11.6 Å². The summed E-state index contributed by atoms with van der Waals surface area (Å²) in [6.07, 6.45) is 13.0. The van der Waals surface area contributed by atoms with Crippen LogP contribution >= 0.6 is 0 Å². The Bertz CT molecular complexity index is 1360. The average molecular weight is 1060 g/mol. The van der Waals surface area contributed by atoms with E-state index < -0.39 is 0 Å². The number of nitrogens with zero attached hydrogens (tertiary/aromatic N) is 4. The van der Waals surface area contributed by atoms with Gasteiger partial charge in [0, 0.05) is 24.8 Å². The summed E-state index contributed by atoms with van der Waals surface area (Å²) in [5.41, 5.74) is 0. The molecule has 2 aromatic heterocycles. The van der Waals surface area contributed by atoms with E-state index >= 15 is 0 Å². The Balaban J connectivity index is -0.000000101. The molecule has 0 fully saturated rings. The molecule has 0 radical (unpaired) electrons. The number of ketones is 6. The number of hydrogen-bond donors (Lipinski definition) is 0. The van der Waals surface area contributed by atoms with Crippen LogP contribution in [0.15, 0.2) is 108 Å². The summed E-state index contributed by atoms with van der Waals surface area (Å²) in [7, 11) is 0. The largest absolute Gasteiger partial charge is 3.00 e. The number of aromatic nitrogens is 4. The molecule has 0 saturated carbocycles. The summed E-state index contributed by atoms with van der Waals surface area (Å²) in [6.45, 7) is 16.2. The second-order valence-corrected chi connectivity index (χ2v) is 10.3. The maximum Gasteiger partial charge on any atom is 3.00 e. The van der Waals surface area contributed by atoms with Crippen molar-refractivity contribution < 1.29 is 158 Å². The van der Waals surface area contributed by atoms with Gasteiger partial charge in [0.1, 0.15) is 0 Å². The van der Waals surface area contributed by atoms with E-state index in [1.807, 2.05) is 0 Å². The third kappa shape index (κ3) is 75.5. The molecule has 16 nitrogen and oxygen atoms in total. The molecule has 18 heteroatoms. The van der Waals surface area contributed by atoms with Crippen molar-refractivity contribution in [1.29, 1.82) is 0 Å². The molecular formula is C38H48Eu2N4O12. The molecule has 2 rings (SSSR count). The molecule has 0 aromatic carbocycles. The minimum atomic E-state index is -0.187. The van der Waals surface area contributed by atoms with Crippen LogP contribution in [0.5, 0.6) is 0 Å². The van der Waals surface area contributed by atoms with Gasteiger partial charge in [-0.15, -0.1) is 34.6 Å². The summed E-state index contributed by atoms with van der Waals surface area (Å²) in [4.78, 5) is 75.9. The maximum absolute atomic E-state index is 9.98. The molecule has 0 aliphatic rings. The first kappa shape index (κ1) is 67.3. The van der Waals surface area contributed by atoms with Gasteiger partial charge in [0.2, 0.25) is 0 Å². The molecule has 0 aliphatic heterocycles. The van der Waals surface area contributed by atoms with E-state index in [1.165, 1.54) is 83.1 Å². The van der Waals surface area contributed by atoms with Crippen molar-refractivity contribution in [2.24, 2.45) is 0 Å². The molecule has 0 atom stereocenters. The van der Waals surface area contributed by atoms with Gasteiger partial charge in [-0.2, -0.15) is 0 Å². The van der Waals surface area contributed by atoms with Crippen LogP contribution in [-0.4, -0.2) is 54.6 Å². The van der Waals surface area contributed by atoms with Crippen LogP contribution in [-0.2, 0) is 28.8 Å². The molecule has 2 heterocycles. The summed E-state index contributed by atoms with van der Waals surface area (Å²) >= 11 is 0. The molecule has 0 bridgehead atoms. The fraction of sp³-hybridized carbons (Fsp3) is 0.316. The average Bonchev–Trinajstić information content (AvgIpc) is 2.96. The number of allylic oxidation sites excluding steroid dienone is 12. The normalized spacial score (nSPS) is 10.6. The second-order valence-electron chi connectivity index (χ2n) is 10.3. The zero-order valence-electron chi connectivity index (χ0n) is 33.4. The van der Waals surface area contributed by atoms with Gasteiger partial charge in [0.25, 0.3) is 0 Å². The van der Waals surface area contributed by atoms with Crippen molar-refractivity contribution in [1.82, 2.24) is 19.9 Å². The standard InChI is InChI=1S/C8H6N4.6C5H8O2.2Eu/c1-3-9-7(10-4-1)8-11-5-2-6-12-8;6*1-4(6)3-5(2)7;;/h1-6H;6*3,6H,1-2H3;;/q;;;;;;;2*+3/p-6/b;6*4-3-;;. The van der Waals surface area contributed by atoms with Crippen LogP contribution in [0.25, 0.3) is 11.6 Å². The van der Waals surface area contributed by atoms with Gasteiger partial charge in [-0.3, -0.25) is 28.8 Å². The third-order valence-corrected chi connectivity index (χ3v) is 3.77. The Kier molecular flexibility index (Phi) is 53.3. The first-order valence-corrected chi connectivity index (χ1v) is 15.4. The number of carbonyl (C=O) groups excluding carboxylic acids is 6. The Labute approximate surface area is 410 Å². The van der Waals surface area contributed by atoms with E-state index in [4.69, 9.17) is 0 Å². The van der Waals surface area contributed by atoms with Crippen molar-refractivity contribution in [2.45, 2.75) is 83.1 Å². The molecule has 56 heavy (non-hydrogen) atoms. The van der Waals surface area contributed by atoms with Crippen LogP contribution in [0.1, 0.15) is 83.1 Å². The topological polar surface area (TPSA) is 292 Å². The van der Waals surface area contributed by atoms with Crippen molar-refractivity contribution in [2.75, 3.05) is 0 Å². The first-order chi connectivity index (χ1) is 24.7. The number of hydrogen-bond acceptors (Lipinski definition) is 16. The predicted octanol–water partition coefficient (Wildman–Crippen LogP) is -0.0294. The fourth-order valence-electron chi connectivity index (χ4n) is 2.55. The zero-order valence-corrected chi connectivity index (χ0v) is 38.2. The molecule has 0 unspecified atom stereocenters. The molecule has 0 N–H and O–H groups in total. The third-order valence-electron chi connectivity index (χ3n) is 3.77.